The molecule has 2 fully saturated rings. The lowest BCUT2D eigenvalue weighted by Gasteiger charge is -2.22. The van der Waals surface area contributed by atoms with Crippen molar-refractivity contribution in [2.75, 3.05) is 19.8 Å². The minimum absolute atomic E-state index is 0.0769. The number of aliphatic hydroxyl groups excluding tert-OH is 1. The van der Waals surface area contributed by atoms with Crippen LogP contribution in [0.4, 0.5) is 0 Å². The third kappa shape index (κ3) is 3.44. The van der Waals surface area contributed by atoms with Crippen LogP contribution in [0, 0.1) is 5.92 Å². The molecule has 0 radical (unpaired) electrons. The van der Waals surface area contributed by atoms with Crippen LogP contribution in [-0.4, -0.2) is 37.1 Å². The standard InChI is InChI=1S/C12H22O3/c13-11-4-2-1-3-5-12(11)15-9-10-6-7-14-8-10/h10-13H,1-9H2. The SMILES string of the molecule is OC1CCCCCC1OCC1CCOC1. The fourth-order valence-corrected chi connectivity index (χ4v) is 2.42. The summed E-state index contributed by atoms with van der Waals surface area (Å²) < 4.78 is 11.1. The predicted molar refractivity (Wildman–Crippen MR) is 57.8 cm³/mol. The van der Waals surface area contributed by atoms with Crippen LogP contribution in [0.25, 0.3) is 0 Å². The van der Waals surface area contributed by atoms with Gasteiger partial charge in [-0.15, -0.1) is 0 Å². The van der Waals surface area contributed by atoms with Gasteiger partial charge in [0.05, 0.1) is 25.4 Å². The van der Waals surface area contributed by atoms with Crippen molar-refractivity contribution in [2.45, 2.75) is 50.7 Å². The topological polar surface area (TPSA) is 38.7 Å². The molecule has 0 bridgehead atoms. The molecule has 3 heteroatoms. The van der Waals surface area contributed by atoms with E-state index in [1.54, 1.807) is 0 Å². The highest BCUT2D eigenvalue weighted by atomic mass is 16.5. The van der Waals surface area contributed by atoms with Crippen LogP contribution >= 0.6 is 0 Å². The Morgan fingerprint density at radius 3 is 2.80 bits per heavy atom. The predicted octanol–water partition coefficient (Wildman–Crippen LogP) is 1.73. The summed E-state index contributed by atoms with van der Waals surface area (Å²) in [5, 5.41) is 9.87. The van der Waals surface area contributed by atoms with E-state index in [1.807, 2.05) is 0 Å². The highest BCUT2D eigenvalue weighted by Gasteiger charge is 2.24. The van der Waals surface area contributed by atoms with Crippen molar-refractivity contribution in [1.82, 2.24) is 0 Å². The van der Waals surface area contributed by atoms with E-state index in [4.69, 9.17) is 9.47 Å². The van der Waals surface area contributed by atoms with E-state index in [9.17, 15) is 5.11 Å². The van der Waals surface area contributed by atoms with Crippen LogP contribution in [0.1, 0.15) is 38.5 Å². The second-order valence-electron chi connectivity index (χ2n) is 4.81. The first-order valence-electron chi connectivity index (χ1n) is 6.23. The molecule has 1 heterocycles. The third-order valence-corrected chi connectivity index (χ3v) is 3.49. The Kier molecular flexibility index (Phi) is 4.42. The molecule has 1 aliphatic carbocycles. The number of ether oxygens (including phenoxy) is 2. The van der Waals surface area contributed by atoms with E-state index in [1.165, 1.54) is 12.8 Å². The zero-order valence-corrected chi connectivity index (χ0v) is 9.36. The Morgan fingerprint density at radius 1 is 1.13 bits per heavy atom. The van der Waals surface area contributed by atoms with Crippen LogP contribution in [0.5, 0.6) is 0 Å². The van der Waals surface area contributed by atoms with Gasteiger partial charge in [0.1, 0.15) is 0 Å². The third-order valence-electron chi connectivity index (χ3n) is 3.49. The van der Waals surface area contributed by atoms with Gasteiger partial charge >= 0.3 is 0 Å². The zero-order chi connectivity index (χ0) is 10.5. The Morgan fingerprint density at radius 2 is 2.00 bits per heavy atom. The first kappa shape index (κ1) is 11.4. The molecule has 3 nitrogen and oxygen atoms in total. The Balaban J connectivity index is 1.71. The van der Waals surface area contributed by atoms with Gasteiger partial charge in [-0.2, -0.15) is 0 Å². The first-order chi connectivity index (χ1) is 7.36. The molecule has 1 N–H and O–H groups in total. The van der Waals surface area contributed by atoms with Gasteiger partial charge in [-0.1, -0.05) is 19.3 Å². The maximum absolute atomic E-state index is 9.87. The smallest absolute Gasteiger partial charge is 0.0834 e. The average Bonchev–Trinajstić information content (AvgIpc) is 2.67. The van der Waals surface area contributed by atoms with Crippen molar-refractivity contribution in [3.8, 4) is 0 Å². The fourth-order valence-electron chi connectivity index (χ4n) is 2.42. The molecule has 0 aromatic heterocycles. The molecular formula is C12H22O3. The van der Waals surface area contributed by atoms with Crippen LogP contribution in [0.3, 0.4) is 0 Å². The summed E-state index contributed by atoms with van der Waals surface area (Å²) >= 11 is 0. The lowest BCUT2D eigenvalue weighted by Crippen LogP contribution is -2.29. The molecule has 1 saturated heterocycles. The average molecular weight is 214 g/mol. The van der Waals surface area contributed by atoms with E-state index >= 15 is 0 Å². The summed E-state index contributed by atoms with van der Waals surface area (Å²) in [4.78, 5) is 0. The van der Waals surface area contributed by atoms with Gasteiger partial charge in [-0.3, -0.25) is 0 Å². The molecule has 3 atom stereocenters. The molecular weight excluding hydrogens is 192 g/mol. The first-order valence-corrected chi connectivity index (χ1v) is 6.23. The van der Waals surface area contributed by atoms with E-state index in [0.29, 0.717) is 5.92 Å². The lowest BCUT2D eigenvalue weighted by molar-refractivity contribution is -0.0524. The van der Waals surface area contributed by atoms with Crippen molar-refractivity contribution >= 4 is 0 Å². The van der Waals surface area contributed by atoms with Crippen molar-refractivity contribution < 1.29 is 14.6 Å². The summed E-state index contributed by atoms with van der Waals surface area (Å²) in [6.07, 6.45) is 6.46. The molecule has 3 unspecified atom stereocenters. The van der Waals surface area contributed by atoms with Gasteiger partial charge in [0.15, 0.2) is 0 Å². The highest BCUT2D eigenvalue weighted by Crippen LogP contribution is 2.22. The molecule has 2 aliphatic rings. The zero-order valence-electron chi connectivity index (χ0n) is 9.36. The molecule has 0 spiro atoms. The summed E-state index contributed by atoms with van der Waals surface area (Å²) in [6.45, 7) is 2.48. The summed E-state index contributed by atoms with van der Waals surface area (Å²) in [7, 11) is 0. The van der Waals surface area contributed by atoms with Gasteiger partial charge in [0.2, 0.25) is 0 Å². The summed E-state index contributed by atoms with van der Waals surface area (Å²) in [5.41, 5.74) is 0. The van der Waals surface area contributed by atoms with E-state index in [-0.39, 0.29) is 12.2 Å². The van der Waals surface area contributed by atoms with Crippen molar-refractivity contribution in [2.24, 2.45) is 5.92 Å². The van der Waals surface area contributed by atoms with Gasteiger partial charge in [0, 0.05) is 12.5 Å². The molecule has 1 aliphatic heterocycles. The van der Waals surface area contributed by atoms with Crippen LogP contribution in [0.15, 0.2) is 0 Å². The Bertz CT molecular complexity index is 178. The van der Waals surface area contributed by atoms with Crippen molar-refractivity contribution in [3.63, 3.8) is 0 Å². The van der Waals surface area contributed by atoms with E-state index in [0.717, 1.165) is 45.5 Å². The largest absolute Gasteiger partial charge is 0.390 e. The van der Waals surface area contributed by atoms with Crippen LogP contribution < -0.4 is 0 Å². The number of hydrogen-bond donors (Lipinski definition) is 1. The highest BCUT2D eigenvalue weighted by molar-refractivity contribution is 4.74. The minimum atomic E-state index is -0.241. The van der Waals surface area contributed by atoms with E-state index < -0.39 is 0 Å². The molecule has 2 rings (SSSR count). The van der Waals surface area contributed by atoms with Crippen LogP contribution in [-0.2, 0) is 9.47 Å². The van der Waals surface area contributed by atoms with Gasteiger partial charge in [0.25, 0.3) is 0 Å². The number of aliphatic hydroxyl groups is 1. The molecule has 88 valence electrons. The van der Waals surface area contributed by atoms with E-state index in [2.05, 4.69) is 0 Å². The molecule has 0 aromatic carbocycles. The summed E-state index contributed by atoms with van der Waals surface area (Å²) in [5.74, 6) is 0.556. The van der Waals surface area contributed by atoms with Crippen LogP contribution in [0.2, 0.25) is 0 Å². The summed E-state index contributed by atoms with van der Waals surface area (Å²) in [6, 6.07) is 0. The minimum Gasteiger partial charge on any atom is -0.390 e. The van der Waals surface area contributed by atoms with Gasteiger partial charge in [-0.05, 0) is 19.3 Å². The monoisotopic (exact) mass is 214 g/mol. The quantitative estimate of drug-likeness (QED) is 0.727. The second-order valence-corrected chi connectivity index (χ2v) is 4.81. The molecule has 15 heavy (non-hydrogen) atoms. The number of hydrogen-bond acceptors (Lipinski definition) is 3. The molecule has 0 amide bonds. The van der Waals surface area contributed by atoms with Crippen molar-refractivity contribution in [1.29, 1.82) is 0 Å². The Hall–Kier alpha value is -0.120. The second kappa shape index (κ2) is 5.83. The maximum Gasteiger partial charge on any atom is 0.0834 e. The molecule has 1 saturated carbocycles. The van der Waals surface area contributed by atoms with Crippen molar-refractivity contribution in [3.05, 3.63) is 0 Å². The lowest BCUT2D eigenvalue weighted by atomic mass is 10.1. The van der Waals surface area contributed by atoms with Gasteiger partial charge in [-0.25, -0.2) is 0 Å². The van der Waals surface area contributed by atoms with Gasteiger partial charge < -0.3 is 14.6 Å². The maximum atomic E-state index is 9.87. The fraction of sp³-hybridized carbons (Fsp3) is 1.00. The molecule has 0 aromatic rings. The normalized spacial score (nSPS) is 37.8. The number of rotatable bonds is 3. The Labute approximate surface area is 91.8 Å².